The van der Waals surface area contributed by atoms with Crippen molar-refractivity contribution in [3.8, 4) is 5.75 Å². The molecule has 4 nitrogen and oxygen atoms in total. The summed E-state index contributed by atoms with van der Waals surface area (Å²) >= 11 is 0. The molecule has 0 fully saturated rings. The highest BCUT2D eigenvalue weighted by atomic mass is 16.5. The number of rotatable bonds is 9. The maximum atomic E-state index is 5.46. The molecule has 1 N–H and O–H groups in total. The van der Waals surface area contributed by atoms with Crippen LogP contribution < -0.4 is 10.1 Å². The van der Waals surface area contributed by atoms with E-state index in [1.165, 1.54) is 0 Å². The summed E-state index contributed by atoms with van der Waals surface area (Å²) in [5.74, 6) is 0.958. The Morgan fingerprint density at radius 1 is 1.30 bits per heavy atom. The van der Waals surface area contributed by atoms with Crippen molar-refractivity contribution in [1.29, 1.82) is 0 Å². The van der Waals surface area contributed by atoms with Crippen molar-refractivity contribution >= 4 is 0 Å². The minimum atomic E-state index is 0.383. The number of nitrogens with zero attached hydrogens (tertiary/aromatic N) is 1. The highest BCUT2D eigenvalue weighted by molar-refractivity contribution is 5.41. The molecule has 0 aliphatic heterocycles. The molecule has 0 radical (unpaired) electrons. The van der Waals surface area contributed by atoms with Crippen LogP contribution in [-0.4, -0.2) is 38.4 Å². The van der Waals surface area contributed by atoms with Gasteiger partial charge in [-0.2, -0.15) is 0 Å². The van der Waals surface area contributed by atoms with Crippen molar-refractivity contribution in [2.24, 2.45) is 0 Å². The maximum absolute atomic E-state index is 5.46. The van der Waals surface area contributed by atoms with Crippen molar-refractivity contribution in [1.82, 2.24) is 10.3 Å². The number of aromatic nitrogens is 1. The van der Waals surface area contributed by atoms with Crippen LogP contribution in [0.2, 0.25) is 0 Å². The van der Waals surface area contributed by atoms with E-state index in [1.807, 2.05) is 13.1 Å². The standard InChI is InChI=1S/C16H28N2O2/c1-6-9-17-14(11-19-4)7-8-15-13(3)16(20-5)12(2)10-18-15/h10,14,17H,6-9,11H2,1-5H3. The zero-order valence-corrected chi connectivity index (χ0v) is 13.5. The number of pyridine rings is 1. The van der Waals surface area contributed by atoms with Gasteiger partial charge in [-0.05, 0) is 39.7 Å². The molecule has 1 atom stereocenters. The third-order valence-electron chi connectivity index (χ3n) is 3.53. The van der Waals surface area contributed by atoms with Crippen LogP contribution in [0.1, 0.15) is 36.6 Å². The lowest BCUT2D eigenvalue weighted by molar-refractivity contribution is 0.162. The lowest BCUT2D eigenvalue weighted by Crippen LogP contribution is -2.34. The zero-order chi connectivity index (χ0) is 15.0. The first-order chi connectivity index (χ1) is 9.63. The summed E-state index contributed by atoms with van der Waals surface area (Å²) in [5, 5.41) is 3.52. The van der Waals surface area contributed by atoms with E-state index in [0.29, 0.717) is 6.04 Å². The van der Waals surface area contributed by atoms with Crippen LogP contribution in [0.3, 0.4) is 0 Å². The average Bonchev–Trinajstić information content (AvgIpc) is 2.44. The van der Waals surface area contributed by atoms with Crippen molar-refractivity contribution in [2.45, 2.75) is 46.1 Å². The molecule has 1 aromatic heterocycles. The Morgan fingerprint density at radius 3 is 2.65 bits per heavy atom. The summed E-state index contributed by atoms with van der Waals surface area (Å²) in [4.78, 5) is 4.55. The first kappa shape index (κ1) is 16.9. The predicted molar refractivity (Wildman–Crippen MR) is 82.5 cm³/mol. The van der Waals surface area contributed by atoms with E-state index in [1.54, 1.807) is 14.2 Å². The average molecular weight is 280 g/mol. The molecule has 1 aromatic rings. The summed E-state index contributed by atoms with van der Waals surface area (Å²) in [5.41, 5.74) is 3.36. The van der Waals surface area contributed by atoms with E-state index < -0.39 is 0 Å². The number of methoxy groups -OCH3 is 2. The highest BCUT2D eigenvalue weighted by Crippen LogP contribution is 2.24. The fraction of sp³-hybridized carbons (Fsp3) is 0.688. The molecule has 0 aliphatic carbocycles. The van der Waals surface area contributed by atoms with Crippen LogP contribution in [0.4, 0.5) is 0 Å². The summed E-state index contributed by atoms with van der Waals surface area (Å²) in [7, 11) is 3.47. The lowest BCUT2D eigenvalue weighted by Gasteiger charge is -2.18. The van der Waals surface area contributed by atoms with Gasteiger partial charge in [-0.25, -0.2) is 0 Å². The van der Waals surface area contributed by atoms with Gasteiger partial charge < -0.3 is 14.8 Å². The molecule has 0 saturated heterocycles. The van der Waals surface area contributed by atoms with E-state index in [-0.39, 0.29) is 0 Å². The third-order valence-corrected chi connectivity index (χ3v) is 3.53. The van der Waals surface area contributed by atoms with Crippen LogP contribution in [0.15, 0.2) is 6.20 Å². The van der Waals surface area contributed by atoms with Gasteiger partial charge in [0.05, 0.1) is 13.7 Å². The molecule has 114 valence electrons. The smallest absolute Gasteiger partial charge is 0.128 e. The highest BCUT2D eigenvalue weighted by Gasteiger charge is 2.12. The SMILES string of the molecule is CCCNC(CCc1ncc(C)c(OC)c1C)COC. The molecule has 1 unspecified atom stereocenters. The van der Waals surface area contributed by atoms with Gasteiger partial charge in [-0.1, -0.05) is 6.92 Å². The van der Waals surface area contributed by atoms with Crippen molar-refractivity contribution < 1.29 is 9.47 Å². The maximum Gasteiger partial charge on any atom is 0.128 e. The predicted octanol–water partition coefficient (Wildman–Crippen LogP) is 2.65. The van der Waals surface area contributed by atoms with Crippen LogP contribution >= 0.6 is 0 Å². The summed E-state index contributed by atoms with van der Waals surface area (Å²) in [6, 6.07) is 0.383. The van der Waals surface area contributed by atoms with Crippen LogP contribution in [-0.2, 0) is 11.2 Å². The number of nitrogens with one attached hydrogen (secondary N) is 1. The Balaban J connectivity index is 2.67. The van der Waals surface area contributed by atoms with Gasteiger partial charge in [0.15, 0.2) is 0 Å². The zero-order valence-electron chi connectivity index (χ0n) is 13.5. The van der Waals surface area contributed by atoms with Gasteiger partial charge in [0.1, 0.15) is 5.75 Å². The van der Waals surface area contributed by atoms with Gasteiger partial charge in [-0.15, -0.1) is 0 Å². The van der Waals surface area contributed by atoms with Gasteiger partial charge in [-0.3, -0.25) is 4.98 Å². The third kappa shape index (κ3) is 4.76. The van der Waals surface area contributed by atoms with E-state index in [9.17, 15) is 0 Å². The molecule has 1 rings (SSSR count). The Kier molecular flexibility index (Phi) is 7.55. The van der Waals surface area contributed by atoms with Gasteiger partial charge >= 0.3 is 0 Å². The van der Waals surface area contributed by atoms with Crippen molar-refractivity contribution in [3.05, 3.63) is 23.0 Å². The minimum absolute atomic E-state index is 0.383. The molecule has 0 saturated carbocycles. The molecule has 1 heterocycles. The minimum Gasteiger partial charge on any atom is -0.496 e. The van der Waals surface area contributed by atoms with Gasteiger partial charge in [0.25, 0.3) is 0 Å². The Labute approximate surface area is 122 Å². The summed E-state index contributed by atoms with van der Waals surface area (Å²) in [6.45, 7) is 8.05. The largest absolute Gasteiger partial charge is 0.496 e. The van der Waals surface area contributed by atoms with Crippen LogP contribution in [0.25, 0.3) is 0 Å². The normalized spacial score (nSPS) is 12.4. The molecule has 0 aliphatic rings. The molecule has 0 amide bonds. The Hall–Kier alpha value is -1.13. The number of aryl methyl sites for hydroxylation is 2. The molecule has 0 spiro atoms. The first-order valence-electron chi connectivity index (χ1n) is 7.35. The summed E-state index contributed by atoms with van der Waals surface area (Å²) in [6.07, 6.45) is 4.99. The monoisotopic (exact) mass is 280 g/mol. The molecule has 20 heavy (non-hydrogen) atoms. The molecule has 0 bridgehead atoms. The van der Waals surface area contributed by atoms with Gasteiger partial charge in [0.2, 0.25) is 0 Å². The summed E-state index contributed by atoms with van der Waals surface area (Å²) < 4.78 is 10.7. The van der Waals surface area contributed by atoms with Crippen LogP contribution in [0.5, 0.6) is 5.75 Å². The molecule has 0 aromatic carbocycles. The molecule has 4 heteroatoms. The van der Waals surface area contributed by atoms with E-state index in [4.69, 9.17) is 9.47 Å². The van der Waals surface area contributed by atoms with Crippen molar-refractivity contribution in [2.75, 3.05) is 27.4 Å². The van der Waals surface area contributed by atoms with Gasteiger partial charge in [0, 0.05) is 36.2 Å². The van der Waals surface area contributed by atoms with Crippen LogP contribution in [0, 0.1) is 13.8 Å². The van der Waals surface area contributed by atoms with Crippen molar-refractivity contribution in [3.63, 3.8) is 0 Å². The molecular weight excluding hydrogens is 252 g/mol. The fourth-order valence-electron chi connectivity index (χ4n) is 2.43. The van der Waals surface area contributed by atoms with E-state index in [2.05, 4.69) is 24.1 Å². The first-order valence-corrected chi connectivity index (χ1v) is 7.35. The second kappa shape index (κ2) is 8.93. The van der Waals surface area contributed by atoms with E-state index in [0.717, 1.165) is 55.0 Å². The second-order valence-electron chi connectivity index (χ2n) is 5.19. The quantitative estimate of drug-likeness (QED) is 0.755. The topological polar surface area (TPSA) is 43.4 Å². The second-order valence-corrected chi connectivity index (χ2v) is 5.19. The lowest BCUT2D eigenvalue weighted by atomic mass is 10.0. The number of ether oxygens (including phenoxy) is 2. The number of hydrogen-bond donors (Lipinski definition) is 1. The Morgan fingerprint density at radius 2 is 2.05 bits per heavy atom. The Bertz CT molecular complexity index is 408. The number of hydrogen-bond acceptors (Lipinski definition) is 4. The van der Waals surface area contributed by atoms with E-state index >= 15 is 0 Å². The molecular formula is C16H28N2O2. The fourth-order valence-corrected chi connectivity index (χ4v) is 2.43.